The molecule has 1 aromatic carbocycles. The van der Waals surface area contributed by atoms with E-state index in [4.69, 9.17) is 0 Å². The zero-order valence-corrected chi connectivity index (χ0v) is 13.0. The lowest BCUT2D eigenvalue weighted by molar-refractivity contribution is -0.939. The van der Waals surface area contributed by atoms with Crippen LogP contribution in [0.5, 0.6) is 0 Å². The second kappa shape index (κ2) is 6.27. The summed E-state index contributed by atoms with van der Waals surface area (Å²) in [6.45, 7) is 7.27. The maximum atomic E-state index is 3.70. The molecule has 0 radical (unpaired) electrons. The number of allylic oxidation sites excluding steroid dienone is 2. The lowest BCUT2D eigenvalue weighted by Gasteiger charge is -2.44. The molecule has 108 valence electrons. The second-order valence-electron chi connectivity index (χ2n) is 6.68. The van der Waals surface area contributed by atoms with Crippen LogP contribution >= 0.6 is 0 Å². The van der Waals surface area contributed by atoms with E-state index in [1.807, 2.05) is 12.2 Å². The quantitative estimate of drug-likeness (QED) is 0.568. The van der Waals surface area contributed by atoms with Crippen LogP contribution in [-0.2, 0) is 13.0 Å². The number of benzene rings is 1. The third kappa shape index (κ3) is 4.24. The van der Waals surface area contributed by atoms with Gasteiger partial charge in [-0.15, -0.1) is 0 Å². The lowest BCUT2D eigenvalue weighted by atomic mass is 9.90. The van der Waals surface area contributed by atoms with Crippen molar-refractivity contribution in [3.63, 3.8) is 0 Å². The van der Waals surface area contributed by atoms with Crippen LogP contribution in [0.1, 0.15) is 11.1 Å². The van der Waals surface area contributed by atoms with Gasteiger partial charge in [0, 0.05) is 13.6 Å². The number of rotatable bonds is 6. The molecule has 0 spiro atoms. The number of hydrogen-bond donors (Lipinski definition) is 0. The van der Waals surface area contributed by atoms with Crippen molar-refractivity contribution in [2.45, 2.75) is 13.0 Å². The van der Waals surface area contributed by atoms with Gasteiger partial charge in [-0.2, -0.15) is 0 Å². The van der Waals surface area contributed by atoms with Crippen LogP contribution in [0, 0.1) is 5.92 Å². The van der Waals surface area contributed by atoms with Gasteiger partial charge in [0.05, 0.1) is 33.1 Å². The Balaban J connectivity index is 1.91. The minimum Gasteiger partial charge on any atom is -0.376 e. The van der Waals surface area contributed by atoms with Crippen LogP contribution in [0.15, 0.2) is 49.2 Å². The van der Waals surface area contributed by atoms with Gasteiger partial charge in [0.1, 0.15) is 0 Å². The highest BCUT2D eigenvalue weighted by Gasteiger charge is 2.36. The number of quaternary nitrogens is 1. The topological polar surface area (TPSA) is 3.24 Å². The predicted molar refractivity (Wildman–Crippen MR) is 86.3 cm³/mol. The maximum Gasteiger partial charge on any atom is 0.0869 e. The molecule has 20 heavy (non-hydrogen) atoms. The van der Waals surface area contributed by atoms with Gasteiger partial charge in [-0.05, 0) is 29.8 Å². The molecular formula is C18H27N2+. The number of likely N-dealkylation sites (tertiary alicyclic amines) is 1. The summed E-state index contributed by atoms with van der Waals surface area (Å²) in [6.07, 6.45) is 7.06. The molecule has 2 heteroatoms. The Labute approximate surface area is 123 Å². The van der Waals surface area contributed by atoms with Gasteiger partial charge in [0.15, 0.2) is 0 Å². The highest BCUT2D eigenvalue weighted by molar-refractivity contribution is 5.24. The van der Waals surface area contributed by atoms with Crippen LogP contribution in [0.25, 0.3) is 0 Å². The molecule has 2 nitrogen and oxygen atoms in total. The Morgan fingerprint density at radius 1 is 1.30 bits per heavy atom. The van der Waals surface area contributed by atoms with E-state index in [2.05, 4.69) is 63.1 Å². The summed E-state index contributed by atoms with van der Waals surface area (Å²) in [7, 11) is 6.72. The zero-order valence-electron chi connectivity index (χ0n) is 13.0. The van der Waals surface area contributed by atoms with Crippen LogP contribution in [0.4, 0.5) is 0 Å². The smallest absolute Gasteiger partial charge is 0.0869 e. The van der Waals surface area contributed by atoms with Crippen molar-refractivity contribution in [2.24, 2.45) is 5.92 Å². The van der Waals surface area contributed by atoms with Gasteiger partial charge in [0.2, 0.25) is 0 Å². The van der Waals surface area contributed by atoms with E-state index >= 15 is 0 Å². The van der Waals surface area contributed by atoms with Gasteiger partial charge >= 0.3 is 0 Å². The first-order chi connectivity index (χ1) is 9.48. The van der Waals surface area contributed by atoms with E-state index in [9.17, 15) is 0 Å². The average Bonchev–Trinajstić information content (AvgIpc) is 2.34. The Bertz CT molecular complexity index is 480. The van der Waals surface area contributed by atoms with Gasteiger partial charge in [-0.25, -0.2) is 0 Å². The average molecular weight is 271 g/mol. The van der Waals surface area contributed by atoms with Crippen molar-refractivity contribution in [1.82, 2.24) is 4.90 Å². The summed E-state index contributed by atoms with van der Waals surface area (Å²) < 4.78 is 1.18. The number of hydrogen-bond acceptors (Lipinski definition) is 1. The Kier molecular flexibility index (Phi) is 4.66. The molecule has 1 aliphatic heterocycles. The molecule has 0 aromatic heterocycles. The van der Waals surface area contributed by atoms with Crippen molar-refractivity contribution in [1.29, 1.82) is 0 Å². The molecule has 1 saturated heterocycles. The molecule has 1 heterocycles. The molecule has 2 rings (SSSR count). The monoisotopic (exact) mass is 271 g/mol. The molecule has 0 N–H and O–H groups in total. The van der Waals surface area contributed by atoms with Gasteiger partial charge < -0.3 is 9.38 Å². The molecule has 0 atom stereocenters. The van der Waals surface area contributed by atoms with Crippen molar-refractivity contribution in [3.05, 3.63) is 60.3 Å². The Hall–Kier alpha value is -1.54. The molecular weight excluding hydrogens is 244 g/mol. The Morgan fingerprint density at radius 2 is 2.00 bits per heavy atom. The third-order valence-corrected chi connectivity index (χ3v) is 3.93. The largest absolute Gasteiger partial charge is 0.376 e. The van der Waals surface area contributed by atoms with E-state index < -0.39 is 0 Å². The Morgan fingerprint density at radius 3 is 2.65 bits per heavy atom. The van der Waals surface area contributed by atoms with Crippen molar-refractivity contribution < 1.29 is 4.48 Å². The first-order valence-corrected chi connectivity index (χ1v) is 7.38. The van der Waals surface area contributed by atoms with Gasteiger partial charge in [0.25, 0.3) is 0 Å². The van der Waals surface area contributed by atoms with Gasteiger partial charge in [-0.3, -0.25) is 0 Å². The van der Waals surface area contributed by atoms with E-state index in [-0.39, 0.29) is 0 Å². The maximum absolute atomic E-state index is 3.70. The summed E-state index contributed by atoms with van der Waals surface area (Å²) in [6, 6.07) is 9.02. The molecule has 0 aliphatic carbocycles. The fourth-order valence-electron chi connectivity index (χ4n) is 3.21. The van der Waals surface area contributed by atoms with Gasteiger partial charge in [-0.1, -0.05) is 36.9 Å². The van der Waals surface area contributed by atoms with E-state index in [0.717, 1.165) is 12.5 Å². The van der Waals surface area contributed by atoms with Crippen molar-refractivity contribution in [2.75, 3.05) is 34.2 Å². The van der Waals surface area contributed by atoms with E-state index in [1.165, 1.54) is 35.1 Å². The van der Waals surface area contributed by atoms with Crippen LogP contribution in [-0.4, -0.2) is 43.6 Å². The molecule has 1 fully saturated rings. The summed E-state index contributed by atoms with van der Waals surface area (Å²) in [5.74, 6) is 0.860. The minimum atomic E-state index is 0.860. The minimum absolute atomic E-state index is 0.860. The molecule has 0 amide bonds. The van der Waals surface area contributed by atoms with E-state index in [0.29, 0.717) is 0 Å². The lowest BCUT2D eigenvalue weighted by Crippen LogP contribution is -2.58. The predicted octanol–water partition coefficient (Wildman–Crippen LogP) is 3.07. The summed E-state index contributed by atoms with van der Waals surface area (Å²) in [5.41, 5.74) is 2.86. The first kappa shape index (κ1) is 14.9. The summed E-state index contributed by atoms with van der Waals surface area (Å²) in [5, 5.41) is 0. The molecule has 1 aromatic rings. The van der Waals surface area contributed by atoms with Crippen LogP contribution in [0.3, 0.4) is 0 Å². The molecule has 0 unspecified atom stereocenters. The highest BCUT2D eigenvalue weighted by Crippen LogP contribution is 2.24. The third-order valence-electron chi connectivity index (χ3n) is 3.93. The standard InChI is InChI=1S/C18H27N2/c1-5-6-10-19(2)13-17-9-7-8-16(11-17)12-18-14-20(3,4)15-18/h5-11,18H,1,12-15H2,2-4H3/q+1. The summed E-state index contributed by atoms with van der Waals surface area (Å²) in [4.78, 5) is 2.18. The molecule has 0 bridgehead atoms. The fourth-order valence-corrected chi connectivity index (χ4v) is 3.21. The molecule has 0 saturated carbocycles. The van der Waals surface area contributed by atoms with Crippen molar-refractivity contribution in [3.8, 4) is 0 Å². The fraction of sp³-hybridized carbons (Fsp3) is 0.444. The van der Waals surface area contributed by atoms with Crippen LogP contribution < -0.4 is 0 Å². The normalized spacial score (nSPS) is 17.9. The first-order valence-electron chi connectivity index (χ1n) is 7.38. The zero-order chi connectivity index (χ0) is 14.6. The molecule has 1 aliphatic rings. The van der Waals surface area contributed by atoms with E-state index in [1.54, 1.807) is 0 Å². The van der Waals surface area contributed by atoms with Crippen LogP contribution in [0.2, 0.25) is 0 Å². The van der Waals surface area contributed by atoms with Crippen molar-refractivity contribution >= 4 is 0 Å². The highest BCUT2D eigenvalue weighted by atomic mass is 15.4. The SMILES string of the molecule is C=CC=CN(C)Cc1cccc(CC2C[N+](C)(C)C2)c1. The number of nitrogens with zero attached hydrogens (tertiary/aromatic N) is 2. The summed E-state index contributed by atoms with van der Waals surface area (Å²) >= 11 is 0. The second-order valence-corrected chi connectivity index (χ2v) is 6.68.